The van der Waals surface area contributed by atoms with E-state index in [1.54, 1.807) is 0 Å². The van der Waals surface area contributed by atoms with Crippen molar-refractivity contribution in [3.8, 4) is 0 Å². The fraction of sp³-hybridized carbons (Fsp3) is 0.400. The van der Waals surface area contributed by atoms with Gasteiger partial charge in [-0.1, -0.05) is 11.6 Å². The van der Waals surface area contributed by atoms with Crippen LogP contribution in [0.2, 0.25) is 5.02 Å². The van der Waals surface area contributed by atoms with Crippen molar-refractivity contribution >= 4 is 21.6 Å². The summed E-state index contributed by atoms with van der Waals surface area (Å²) in [5.74, 6) is -0.911. The fourth-order valence-electron chi connectivity index (χ4n) is 1.19. The molecule has 0 aromatic heterocycles. The first kappa shape index (κ1) is 15.3. The summed E-state index contributed by atoms with van der Waals surface area (Å²) in [5.41, 5.74) is 0. The Kier molecular flexibility index (Phi) is 5.97. The van der Waals surface area contributed by atoms with Gasteiger partial charge in [0.05, 0.1) is 19.8 Å². The summed E-state index contributed by atoms with van der Waals surface area (Å²) in [5, 5.41) is 8.56. The quantitative estimate of drug-likeness (QED) is 0.729. The molecule has 8 heteroatoms. The molecule has 0 unspecified atom stereocenters. The van der Waals surface area contributed by atoms with Crippen LogP contribution >= 0.6 is 11.6 Å². The molecule has 18 heavy (non-hydrogen) atoms. The Morgan fingerprint density at radius 3 is 2.72 bits per heavy atom. The van der Waals surface area contributed by atoms with Gasteiger partial charge in [0.25, 0.3) is 0 Å². The summed E-state index contributed by atoms with van der Waals surface area (Å²) in [6, 6.07) is 3.31. The highest BCUT2D eigenvalue weighted by Gasteiger charge is 2.18. The molecule has 0 aliphatic carbocycles. The van der Waals surface area contributed by atoms with Crippen LogP contribution in [0.25, 0.3) is 0 Å². The monoisotopic (exact) mass is 297 g/mol. The topological polar surface area (TPSA) is 75.6 Å². The molecule has 0 saturated carbocycles. The van der Waals surface area contributed by atoms with Crippen LogP contribution in [0.1, 0.15) is 0 Å². The minimum absolute atomic E-state index is 0.00952. The molecule has 0 fully saturated rings. The second-order valence-electron chi connectivity index (χ2n) is 3.31. The standard InChI is InChI=1S/C10H13ClFNO4S/c11-8-1-2-10(9(12)7-8)18(15,16)13-3-5-17-6-4-14/h1-2,7,13-14H,3-6H2. The van der Waals surface area contributed by atoms with Crippen molar-refractivity contribution in [1.29, 1.82) is 0 Å². The lowest BCUT2D eigenvalue weighted by Gasteiger charge is -2.08. The summed E-state index contributed by atoms with van der Waals surface area (Å²) in [4.78, 5) is -0.464. The maximum absolute atomic E-state index is 13.4. The molecule has 0 bridgehead atoms. The van der Waals surface area contributed by atoms with E-state index in [0.29, 0.717) is 0 Å². The van der Waals surface area contributed by atoms with E-state index in [0.717, 1.165) is 12.1 Å². The third-order valence-electron chi connectivity index (χ3n) is 1.96. The number of nitrogens with one attached hydrogen (secondary N) is 1. The van der Waals surface area contributed by atoms with Crippen LogP contribution in [0.4, 0.5) is 4.39 Å². The minimum atomic E-state index is -3.92. The average molecular weight is 298 g/mol. The summed E-state index contributed by atoms with van der Waals surface area (Å²) < 4.78 is 43.9. The van der Waals surface area contributed by atoms with Gasteiger partial charge >= 0.3 is 0 Å². The Bertz CT molecular complexity index is 495. The van der Waals surface area contributed by atoms with Crippen LogP contribution in [0.15, 0.2) is 23.1 Å². The molecule has 0 saturated heterocycles. The Balaban J connectivity index is 2.63. The van der Waals surface area contributed by atoms with E-state index >= 15 is 0 Å². The van der Waals surface area contributed by atoms with E-state index in [2.05, 4.69) is 4.72 Å². The molecule has 0 spiro atoms. The zero-order valence-electron chi connectivity index (χ0n) is 9.40. The minimum Gasteiger partial charge on any atom is -0.394 e. The molecule has 0 atom stereocenters. The van der Waals surface area contributed by atoms with Gasteiger partial charge in [-0.25, -0.2) is 17.5 Å². The third kappa shape index (κ3) is 4.51. The Hall–Kier alpha value is -0.730. The van der Waals surface area contributed by atoms with E-state index in [1.165, 1.54) is 6.07 Å². The second kappa shape index (κ2) is 7.01. The van der Waals surface area contributed by atoms with Crippen LogP contribution in [-0.2, 0) is 14.8 Å². The van der Waals surface area contributed by atoms with Gasteiger partial charge < -0.3 is 9.84 Å². The molecule has 1 rings (SSSR count). The highest BCUT2D eigenvalue weighted by molar-refractivity contribution is 7.89. The number of benzene rings is 1. The van der Waals surface area contributed by atoms with Crippen LogP contribution in [-0.4, -0.2) is 39.9 Å². The van der Waals surface area contributed by atoms with Crippen molar-refractivity contribution in [2.24, 2.45) is 0 Å². The highest BCUT2D eigenvalue weighted by Crippen LogP contribution is 2.18. The molecular formula is C10H13ClFNO4S. The number of rotatable bonds is 7. The normalized spacial score (nSPS) is 11.7. The highest BCUT2D eigenvalue weighted by atomic mass is 35.5. The smallest absolute Gasteiger partial charge is 0.243 e. The van der Waals surface area contributed by atoms with Crippen molar-refractivity contribution in [2.75, 3.05) is 26.4 Å². The van der Waals surface area contributed by atoms with E-state index < -0.39 is 20.7 Å². The number of ether oxygens (including phenoxy) is 1. The van der Waals surface area contributed by atoms with Crippen LogP contribution in [0.5, 0.6) is 0 Å². The van der Waals surface area contributed by atoms with Crippen molar-refractivity contribution in [2.45, 2.75) is 4.90 Å². The summed E-state index contributed by atoms with van der Waals surface area (Å²) >= 11 is 5.53. The second-order valence-corrected chi connectivity index (χ2v) is 5.48. The van der Waals surface area contributed by atoms with E-state index in [1.807, 2.05) is 0 Å². The first-order valence-electron chi connectivity index (χ1n) is 5.10. The van der Waals surface area contributed by atoms with Gasteiger partial charge in [-0.2, -0.15) is 0 Å². The molecule has 0 aliphatic heterocycles. The molecule has 2 N–H and O–H groups in total. The van der Waals surface area contributed by atoms with Crippen LogP contribution in [0, 0.1) is 5.82 Å². The fourth-order valence-corrected chi connectivity index (χ4v) is 2.41. The molecule has 0 amide bonds. The van der Waals surface area contributed by atoms with Gasteiger partial charge in [0.1, 0.15) is 10.7 Å². The van der Waals surface area contributed by atoms with Gasteiger partial charge in [0.2, 0.25) is 10.0 Å². The molecule has 0 aliphatic rings. The average Bonchev–Trinajstić information content (AvgIpc) is 2.28. The zero-order valence-corrected chi connectivity index (χ0v) is 11.0. The Labute approximate surface area is 110 Å². The van der Waals surface area contributed by atoms with Crippen molar-refractivity contribution in [3.63, 3.8) is 0 Å². The molecule has 1 aromatic carbocycles. The molecule has 5 nitrogen and oxygen atoms in total. The van der Waals surface area contributed by atoms with Crippen molar-refractivity contribution in [3.05, 3.63) is 29.0 Å². The van der Waals surface area contributed by atoms with Gasteiger partial charge in [0.15, 0.2) is 0 Å². The van der Waals surface area contributed by atoms with Crippen molar-refractivity contribution in [1.82, 2.24) is 4.72 Å². The molecule has 0 radical (unpaired) electrons. The van der Waals surface area contributed by atoms with E-state index in [9.17, 15) is 12.8 Å². The molecule has 1 aromatic rings. The van der Waals surface area contributed by atoms with Gasteiger partial charge in [-0.3, -0.25) is 0 Å². The molecule has 0 heterocycles. The Morgan fingerprint density at radius 2 is 2.11 bits per heavy atom. The summed E-state index contributed by atoms with van der Waals surface area (Å²) in [7, 11) is -3.92. The maximum atomic E-state index is 13.4. The lowest BCUT2D eigenvalue weighted by Crippen LogP contribution is -2.28. The number of sulfonamides is 1. The largest absolute Gasteiger partial charge is 0.394 e. The number of aliphatic hydroxyl groups is 1. The lowest BCUT2D eigenvalue weighted by atomic mass is 10.3. The molecular weight excluding hydrogens is 285 g/mol. The number of halogens is 2. The first-order chi connectivity index (χ1) is 8.47. The van der Waals surface area contributed by atoms with Gasteiger partial charge in [0, 0.05) is 11.6 Å². The van der Waals surface area contributed by atoms with Crippen LogP contribution in [0.3, 0.4) is 0 Å². The SMILES string of the molecule is O=S(=O)(NCCOCCO)c1ccc(Cl)cc1F. The number of aliphatic hydroxyl groups excluding tert-OH is 1. The molecule has 102 valence electrons. The predicted molar refractivity (Wildman–Crippen MR) is 64.5 cm³/mol. The number of hydrogen-bond donors (Lipinski definition) is 2. The first-order valence-corrected chi connectivity index (χ1v) is 6.97. The van der Waals surface area contributed by atoms with E-state index in [-0.39, 0.29) is 31.4 Å². The number of hydrogen-bond acceptors (Lipinski definition) is 4. The Morgan fingerprint density at radius 1 is 1.39 bits per heavy atom. The zero-order chi connectivity index (χ0) is 13.6. The van der Waals surface area contributed by atoms with Crippen LogP contribution < -0.4 is 4.72 Å². The maximum Gasteiger partial charge on any atom is 0.243 e. The predicted octanol–water partition coefficient (Wildman–Crippen LogP) is 0.766. The van der Waals surface area contributed by atoms with E-state index in [4.69, 9.17) is 21.4 Å². The summed E-state index contributed by atoms with van der Waals surface area (Å²) in [6.45, 7) is 0.0645. The van der Waals surface area contributed by atoms with Gasteiger partial charge in [-0.15, -0.1) is 0 Å². The lowest BCUT2D eigenvalue weighted by molar-refractivity contribution is 0.0961. The van der Waals surface area contributed by atoms with Gasteiger partial charge in [-0.05, 0) is 18.2 Å². The third-order valence-corrected chi connectivity index (χ3v) is 3.69. The van der Waals surface area contributed by atoms with Crippen molar-refractivity contribution < 1.29 is 22.7 Å². The summed E-state index contributed by atoms with van der Waals surface area (Å²) in [6.07, 6.45) is 0.